The highest BCUT2D eigenvalue weighted by molar-refractivity contribution is 6.06. The number of hydrogen-bond acceptors (Lipinski definition) is 5. The van der Waals surface area contributed by atoms with Gasteiger partial charge in [-0.2, -0.15) is 5.10 Å². The second-order valence-electron chi connectivity index (χ2n) is 4.22. The van der Waals surface area contributed by atoms with Crippen LogP contribution in [0.15, 0.2) is 18.6 Å². The zero-order valence-corrected chi connectivity index (χ0v) is 9.55. The van der Waals surface area contributed by atoms with Gasteiger partial charge in [0.2, 0.25) is 0 Å². The molecule has 0 atom stereocenters. The summed E-state index contributed by atoms with van der Waals surface area (Å²) in [6, 6.07) is 0. The van der Waals surface area contributed by atoms with Gasteiger partial charge >= 0.3 is 0 Å². The van der Waals surface area contributed by atoms with E-state index in [1.165, 1.54) is 18.6 Å². The van der Waals surface area contributed by atoms with Crippen LogP contribution in [0.1, 0.15) is 34.9 Å². The molecule has 2 aromatic rings. The number of nitrogens with two attached hydrogens (primary N) is 1. The van der Waals surface area contributed by atoms with Crippen molar-refractivity contribution in [3.05, 3.63) is 30.0 Å². The first kappa shape index (κ1) is 10.7. The number of nitrogens with zero attached hydrogens (tertiary/aromatic N) is 3. The third-order valence-electron chi connectivity index (χ3n) is 2.84. The Morgan fingerprint density at radius 1 is 1.44 bits per heavy atom. The lowest BCUT2D eigenvalue weighted by molar-refractivity contribution is 0.102. The Bertz CT molecular complexity index is 574. The van der Waals surface area contributed by atoms with Crippen LogP contribution in [0.5, 0.6) is 0 Å². The predicted molar refractivity (Wildman–Crippen MR) is 65.0 cm³/mol. The van der Waals surface area contributed by atoms with E-state index in [9.17, 15) is 4.79 Å². The van der Waals surface area contributed by atoms with Crippen molar-refractivity contribution in [2.75, 3.05) is 11.1 Å². The molecule has 1 aliphatic rings. The molecular formula is C11H12N6O. The Labute approximate surface area is 103 Å². The van der Waals surface area contributed by atoms with E-state index in [4.69, 9.17) is 5.73 Å². The number of nitrogens with one attached hydrogen (secondary N) is 2. The Kier molecular flexibility index (Phi) is 2.44. The minimum atomic E-state index is -0.379. The second-order valence-corrected chi connectivity index (χ2v) is 4.22. The van der Waals surface area contributed by atoms with Gasteiger partial charge in [0, 0.05) is 18.3 Å². The van der Waals surface area contributed by atoms with Gasteiger partial charge in [-0.15, -0.1) is 0 Å². The quantitative estimate of drug-likeness (QED) is 0.743. The monoisotopic (exact) mass is 244 g/mol. The molecule has 1 amide bonds. The topological polar surface area (TPSA) is 110 Å². The summed E-state index contributed by atoms with van der Waals surface area (Å²) in [4.78, 5) is 19.8. The summed E-state index contributed by atoms with van der Waals surface area (Å²) in [5.74, 6) is 0.421. The zero-order chi connectivity index (χ0) is 12.5. The van der Waals surface area contributed by atoms with Gasteiger partial charge < -0.3 is 11.1 Å². The Balaban J connectivity index is 1.80. The molecular weight excluding hydrogens is 232 g/mol. The second kappa shape index (κ2) is 4.10. The summed E-state index contributed by atoms with van der Waals surface area (Å²) in [5.41, 5.74) is 7.41. The first-order chi connectivity index (χ1) is 8.75. The van der Waals surface area contributed by atoms with Crippen LogP contribution in [0.3, 0.4) is 0 Å². The Hall–Kier alpha value is -2.44. The number of carbonyl (C=O) groups excluding carboxylic acids is 1. The maximum atomic E-state index is 11.9. The van der Waals surface area contributed by atoms with Gasteiger partial charge in [-0.05, 0) is 12.8 Å². The van der Waals surface area contributed by atoms with Gasteiger partial charge in [0.05, 0.1) is 17.6 Å². The maximum Gasteiger partial charge on any atom is 0.279 e. The molecule has 92 valence electrons. The molecule has 1 fully saturated rings. The molecule has 0 spiro atoms. The van der Waals surface area contributed by atoms with Gasteiger partial charge in [0.15, 0.2) is 11.5 Å². The number of nitrogen functional groups attached to an aromatic ring is 1. The largest absolute Gasteiger partial charge is 0.395 e. The normalized spacial score (nSPS) is 14.4. The summed E-state index contributed by atoms with van der Waals surface area (Å²) in [7, 11) is 0. The van der Waals surface area contributed by atoms with Crippen LogP contribution in [-0.2, 0) is 0 Å². The summed E-state index contributed by atoms with van der Waals surface area (Å²) >= 11 is 0. The van der Waals surface area contributed by atoms with Crippen molar-refractivity contribution in [1.82, 2.24) is 20.2 Å². The predicted octanol–water partition coefficient (Wildman–Crippen LogP) is 0.912. The van der Waals surface area contributed by atoms with Crippen molar-refractivity contribution in [2.24, 2.45) is 0 Å². The van der Waals surface area contributed by atoms with E-state index in [1.807, 2.05) is 0 Å². The average molecular weight is 244 g/mol. The minimum Gasteiger partial charge on any atom is -0.395 e. The van der Waals surface area contributed by atoms with E-state index in [0.29, 0.717) is 17.4 Å². The van der Waals surface area contributed by atoms with Crippen LogP contribution >= 0.6 is 0 Å². The van der Waals surface area contributed by atoms with Crippen LogP contribution in [0, 0.1) is 0 Å². The molecule has 2 aromatic heterocycles. The molecule has 1 saturated carbocycles. The van der Waals surface area contributed by atoms with Crippen LogP contribution < -0.4 is 11.1 Å². The molecule has 0 unspecified atom stereocenters. The van der Waals surface area contributed by atoms with Crippen molar-refractivity contribution >= 4 is 17.4 Å². The minimum absolute atomic E-state index is 0.211. The third-order valence-corrected chi connectivity index (χ3v) is 2.84. The first-order valence-electron chi connectivity index (χ1n) is 5.67. The molecule has 3 rings (SSSR count). The molecule has 7 heteroatoms. The van der Waals surface area contributed by atoms with E-state index < -0.39 is 0 Å². The molecule has 4 N–H and O–H groups in total. The molecule has 0 saturated heterocycles. The van der Waals surface area contributed by atoms with Crippen LogP contribution in [0.25, 0.3) is 0 Å². The lowest BCUT2D eigenvalue weighted by Gasteiger charge is -2.01. The number of hydrogen-bond donors (Lipinski definition) is 3. The number of H-pyrrole nitrogens is 1. The third kappa shape index (κ3) is 1.90. The van der Waals surface area contributed by atoms with Crippen LogP contribution in [-0.4, -0.2) is 26.1 Å². The fourth-order valence-corrected chi connectivity index (χ4v) is 1.76. The highest BCUT2D eigenvalue weighted by Crippen LogP contribution is 2.42. The van der Waals surface area contributed by atoms with Crippen molar-refractivity contribution in [2.45, 2.75) is 18.8 Å². The highest BCUT2D eigenvalue weighted by atomic mass is 16.2. The van der Waals surface area contributed by atoms with E-state index in [-0.39, 0.29) is 11.6 Å². The van der Waals surface area contributed by atoms with E-state index in [2.05, 4.69) is 25.5 Å². The van der Waals surface area contributed by atoms with Gasteiger partial charge in [-0.1, -0.05) is 0 Å². The fourth-order valence-electron chi connectivity index (χ4n) is 1.76. The van der Waals surface area contributed by atoms with Crippen molar-refractivity contribution in [3.63, 3.8) is 0 Å². The number of rotatable bonds is 3. The van der Waals surface area contributed by atoms with Gasteiger partial charge in [0.1, 0.15) is 0 Å². The lowest BCUT2D eigenvalue weighted by Crippen LogP contribution is -2.15. The van der Waals surface area contributed by atoms with Gasteiger partial charge in [-0.25, -0.2) is 4.98 Å². The zero-order valence-electron chi connectivity index (χ0n) is 9.55. The molecule has 1 aliphatic carbocycles. The standard InChI is InChI=1S/C11H12N6O/c12-8-9(6-1-2-6)16-17-10(8)11(18)15-7-5-13-3-4-14-7/h3-6H,1-2,12H2,(H,16,17)(H,14,15,18). The van der Waals surface area contributed by atoms with Gasteiger partial charge in [0.25, 0.3) is 5.91 Å². The molecule has 7 nitrogen and oxygen atoms in total. The van der Waals surface area contributed by atoms with E-state index >= 15 is 0 Å². The van der Waals surface area contributed by atoms with Crippen LogP contribution in [0.2, 0.25) is 0 Å². The molecule has 0 bridgehead atoms. The molecule has 0 radical (unpaired) electrons. The van der Waals surface area contributed by atoms with Crippen molar-refractivity contribution in [3.8, 4) is 0 Å². The van der Waals surface area contributed by atoms with E-state index in [1.54, 1.807) is 0 Å². The average Bonchev–Trinajstić information content (AvgIpc) is 3.14. The Morgan fingerprint density at radius 3 is 2.94 bits per heavy atom. The van der Waals surface area contributed by atoms with Crippen molar-refractivity contribution in [1.29, 1.82) is 0 Å². The number of carbonyl (C=O) groups is 1. The molecule has 0 aliphatic heterocycles. The highest BCUT2D eigenvalue weighted by Gasteiger charge is 2.30. The van der Waals surface area contributed by atoms with Crippen LogP contribution in [0.4, 0.5) is 11.5 Å². The number of aromatic nitrogens is 4. The number of amides is 1. The lowest BCUT2D eigenvalue weighted by atomic mass is 10.2. The first-order valence-corrected chi connectivity index (χ1v) is 5.67. The number of aromatic amines is 1. The molecule has 0 aromatic carbocycles. The van der Waals surface area contributed by atoms with Gasteiger partial charge in [-0.3, -0.25) is 14.9 Å². The summed E-state index contributed by atoms with van der Waals surface area (Å²) in [6.07, 6.45) is 6.68. The maximum absolute atomic E-state index is 11.9. The fraction of sp³-hybridized carbons (Fsp3) is 0.273. The summed E-state index contributed by atoms with van der Waals surface area (Å²) in [6.45, 7) is 0. The molecule has 18 heavy (non-hydrogen) atoms. The molecule has 2 heterocycles. The number of anilines is 2. The smallest absolute Gasteiger partial charge is 0.279 e. The van der Waals surface area contributed by atoms with E-state index in [0.717, 1.165) is 18.5 Å². The summed E-state index contributed by atoms with van der Waals surface area (Å²) < 4.78 is 0. The Morgan fingerprint density at radius 2 is 2.28 bits per heavy atom. The van der Waals surface area contributed by atoms with Crippen molar-refractivity contribution < 1.29 is 4.79 Å². The summed E-state index contributed by atoms with van der Waals surface area (Å²) in [5, 5.41) is 9.39. The SMILES string of the molecule is Nc1c(C(=O)Nc2cnccn2)n[nH]c1C1CC1.